The molecular weight excluding hydrogens is 317 g/mol. The first-order chi connectivity index (χ1) is 10.8. The fourth-order valence-corrected chi connectivity index (χ4v) is 3.87. The number of benzene rings is 2. The molecule has 0 bridgehead atoms. The quantitative estimate of drug-likeness (QED) is 0.690. The van der Waals surface area contributed by atoms with Gasteiger partial charge >= 0.3 is 0 Å². The standard InChI is InChI=1S/C17H14FNO3S/c1-11-6-8-13(9-7-11)23(21,22)19-10-14(12(2)20)17-15(18)4-3-5-16(17)19/h3-10H,1-2H3. The van der Waals surface area contributed by atoms with E-state index in [0.717, 1.165) is 9.54 Å². The third kappa shape index (κ3) is 2.45. The fraction of sp³-hybridized carbons (Fsp3) is 0.118. The Balaban J connectivity index is 2.34. The summed E-state index contributed by atoms with van der Waals surface area (Å²) in [5, 5.41) is 0.0238. The van der Waals surface area contributed by atoms with Gasteiger partial charge in [-0.05, 0) is 38.1 Å². The normalized spacial score (nSPS) is 11.8. The summed E-state index contributed by atoms with van der Waals surface area (Å²) < 4.78 is 40.7. The van der Waals surface area contributed by atoms with Gasteiger partial charge in [0, 0.05) is 17.1 Å². The number of fused-ring (bicyclic) bond motifs is 1. The van der Waals surface area contributed by atoms with E-state index in [0.29, 0.717) is 0 Å². The van der Waals surface area contributed by atoms with Crippen LogP contribution in [0.25, 0.3) is 10.9 Å². The summed E-state index contributed by atoms with van der Waals surface area (Å²) in [4.78, 5) is 11.8. The van der Waals surface area contributed by atoms with Crippen molar-refractivity contribution < 1.29 is 17.6 Å². The number of carbonyl (C=O) groups excluding carboxylic acids is 1. The van der Waals surface area contributed by atoms with Crippen molar-refractivity contribution in [3.63, 3.8) is 0 Å². The Morgan fingerprint density at radius 2 is 1.74 bits per heavy atom. The SMILES string of the molecule is CC(=O)c1cn(S(=O)(=O)c2ccc(C)cc2)c2cccc(F)c12. The number of Topliss-reactive ketones (excluding diaryl/α,β-unsaturated/α-hetero) is 1. The van der Waals surface area contributed by atoms with Gasteiger partial charge in [-0.15, -0.1) is 0 Å². The van der Waals surface area contributed by atoms with Crippen LogP contribution in [0.1, 0.15) is 22.8 Å². The number of ketones is 1. The van der Waals surface area contributed by atoms with Gasteiger partial charge in [-0.2, -0.15) is 0 Å². The van der Waals surface area contributed by atoms with Crippen LogP contribution >= 0.6 is 0 Å². The van der Waals surface area contributed by atoms with Crippen molar-refractivity contribution in [1.29, 1.82) is 0 Å². The van der Waals surface area contributed by atoms with Crippen LogP contribution in [0.3, 0.4) is 0 Å². The second-order valence-electron chi connectivity index (χ2n) is 5.35. The van der Waals surface area contributed by atoms with Gasteiger partial charge in [-0.3, -0.25) is 4.79 Å². The molecule has 1 heterocycles. The summed E-state index contributed by atoms with van der Waals surface area (Å²) in [5.41, 5.74) is 1.13. The van der Waals surface area contributed by atoms with Crippen LogP contribution in [0.5, 0.6) is 0 Å². The number of nitrogens with zero attached hydrogens (tertiary/aromatic N) is 1. The maximum absolute atomic E-state index is 14.1. The first-order valence-corrected chi connectivity index (χ1v) is 8.39. The van der Waals surface area contributed by atoms with Gasteiger partial charge < -0.3 is 0 Å². The number of halogens is 1. The molecule has 0 spiro atoms. The minimum absolute atomic E-state index is 0.0238. The Hall–Kier alpha value is -2.47. The average Bonchev–Trinajstić information content (AvgIpc) is 2.89. The minimum Gasteiger partial charge on any atom is -0.294 e. The van der Waals surface area contributed by atoms with Crippen LogP contribution in [0.2, 0.25) is 0 Å². The first-order valence-electron chi connectivity index (χ1n) is 6.95. The predicted octanol–water partition coefficient (Wildman–Crippen LogP) is 3.53. The molecule has 0 aliphatic carbocycles. The lowest BCUT2D eigenvalue weighted by Gasteiger charge is -2.07. The Morgan fingerprint density at radius 3 is 2.35 bits per heavy atom. The van der Waals surface area contributed by atoms with Gasteiger partial charge in [0.2, 0.25) is 0 Å². The monoisotopic (exact) mass is 331 g/mol. The van der Waals surface area contributed by atoms with Crippen LogP contribution in [-0.2, 0) is 10.0 Å². The molecule has 0 radical (unpaired) electrons. The van der Waals surface area contributed by atoms with Crippen molar-refractivity contribution in [1.82, 2.24) is 3.97 Å². The van der Waals surface area contributed by atoms with E-state index in [9.17, 15) is 17.6 Å². The highest BCUT2D eigenvalue weighted by atomic mass is 32.2. The Bertz CT molecular complexity index is 1020. The van der Waals surface area contributed by atoms with Crippen molar-refractivity contribution in [2.45, 2.75) is 18.7 Å². The molecule has 3 aromatic rings. The van der Waals surface area contributed by atoms with Crippen molar-refractivity contribution in [3.05, 3.63) is 65.6 Å². The second-order valence-corrected chi connectivity index (χ2v) is 7.16. The molecule has 3 rings (SSSR count). The summed E-state index contributed by atoms with van der Waals surface area (Å²) in [5.74, 6) is -1.01. The molecule has 0 aliphatic rings. The molecule has 0 aliphatic heterocycles. The molecule has 0 saturated carbocycles. The van der Waals surface area contributed by atoms with Crippen molar-refractivity contribution >= 4 is 26.7 Å². The lowest BCUT2D eigenvalue weighted by atomic mass is 10.1. The lowest BCUT2D eigenvalue weighted by Crippen LogP contribution is -2.12. The number of aryl methyl sites for hydroxylation is 1. The highest BCUT2D eigenvalue weighted by Crippen LogP contribution is 2.28. The van der Waals surface area contributed by atoms with E-state index < -0.39 is 21.6 Å². The van der Waals surface area contributed by atoms with E-state index in [4.69, 9.17) is 0 Å². The fourth-order valence-electron chi connectivity index (χ4n) is 2.50. The summed E-state index contributed by atoms with van der Waals surface area (Å²) in [6.07, 6.45) is 1.19. The van der Waals surface area contributed by atoms with Crippen molar-refractivity contribution in [2.24, 2.45) is 0 Å². The summed E-state index contributed by atoms with van der Waals surface area (Å²) in [6, 6.07) is 10.5. The van der Waals surface area contributed by atoms with E-state index in [-0.39, 0.29) is 21.4 Å². The van der Waals surface area contributed by atoms with Gasteiger partial charge in [-0.25, -0.2) is 16.8 Å². The van der Waals surface area contributed by atoms with Crippen LogP contribution < -0.4 is 0 Å². The number of hydrogen-bond acceptors (Lipinski definition) is 3. The zero-order chi connectivity index (χ0) is 16.8. The van der Waals surface area contributed by atoms with Crippen LogP contribution in [0, 0.1) is 12.7 Å². The third-order valence-electron chi connectivity index (χ3n) is 3.70. The highest BCUT2D eigenvalue weighted by molar-refractivity contribution is 7.90. The minimum atomic E-state index is -3.91. The third-order valence-corrected chi connectivity index (χ3v) is 5.39. The van der Waals surface area contributed by atoms with Crippen molar-refractivity contribution in [3.8, 4) is 0 Å². The van der Waals surface area contributed by atoms with Crippen LogP contribution in [-0.4, -0.2) is 18.2 Å². The van der Waals surface area contributed by atoms with E-state index in [1.54, 1.807) is 12.1 Å². The smallest absolute Gasteiger partial charge is 0.268 e. The van der Waals surface area contributed by atoms with E-state index in [1.165, 1.54) is 43.5 Å². The first kappa shape index (κ1) is 15.4. The Morgan fingerprint density at radius 1 is 1.09 bits per heavy atom. The van der Waals surface area contributed by atoms with Crippen molar-refractivity contribution in [2.75, 3.05) is 0 Å². The predicted molar refractivity (Wildman–Crippen MR) is 85.7 cm³/mol. The molecule has 0 saturated heterocycles. The van der Waals surface area contributed by atoms with E-state index >= 15 is 0 Å². The molecule has 2 aromatic carbocycles. The summed E-state index contributed by atoms with van der Waals surface area (Å²) >= 11 is 0. The molecule has 0 N–H and O–H groups in total. The molecule has 0 unspecified atom stereocenters. The average molecular weight is 331 g/mol. The van der Waals surface area contributed by atoms with E-state index in [2.05, 4.69) is 0 Å². The topological polar surface area (TPSA) is 56.1 Å². The zero-order valence-corrected chi connectivity index (χ0v) is 13.4. The van der Waals surface area contributed by atoms with Gasteiger partial charge in [0.15, 0.2) is 5.78 Å². The summed E-state index contributed by atoms with van der Waals surface area (Å²) in [7, 11) is -3.91. The molecule has 6 heteroatoms. The molecule has 0 atom stereocenters. The number of hydrogen-bond donors (Lipinski definition) is 0. The maximum Gasteiger partial charge on any atom is 0.268 e. The van der Waals surface area contributed by atoms with Crippen LogP contribution in [0.4, 0.5) is 4.39 Å². The highest BCUT2D eigenvalue weighted by Gasteiger charge is 2.24. The number of rotatable bonds is 3. The maximum atomic E-state index is 14.1. The van der Waals surface area contributed by atoms with E-state index in [1.807, 2.05) is 6.92 Å². The van der Waals surface area contributed by atoms with Crippen LogP contribution in [0.15, 0.2) is 53.6 Å². The van der Waals surface area contributed by atoms with Gasteiger partial charge in [0.25, 0.3) is 10.0 Å². The lowest BCUT2D eigenvalue weighted by molar-refractivity contribution is 0.101. The number of aromatic nitrogens is 1. The second kappa shape index (κ2) is 5.31. The molecule has 23 heavy (non-hydrogen) atoms. The molecule has 0 fully saturated rings. The van der Waals surface area contributed by atoms with Gasteiger partial charge in [0.1, 0.15) is 5.82 Å². The largest absolute Gasteiger partial charge is 0.294 e. The number of carbonyl (C=O) groups is 1. The Labute approximate surface area is 133 Å². The molecule has 4 nitrogen and oxygen atoms in total. The summed E-state index contributed by atoms with van der Waals surface area (Å²) in [6.45, 7) is 3.13. The van der Waals surface area contributed by atoms with Gasteiger partial charge in [-0.1, -0.05) is 23.8 Å². The zero-order valence-electron chi connectivity index (χ0n) is 12.6. The molecule has 1 aromatic heterocycles. The molecular formula is C17H14FNO3S. The molecule has 118 valence electrons. The van der Waals surface area contributed by atoms with Gasteiger partial charge in [0.05, 0.1) is 10.4 Å². The Kier molecular flexibility index (Phi) is 3.56. The molecule has 0 amide bonds.